The van der Waals surface area contributed by atoms with E-state index in [2.05, 4.69) is 61.9 Å². The van der Waals surface area contributed by atoms with E-state index in [1.165, 1.54) is 11.6 Å². The zero-order chi connectivity index (χ0) is 23.3. The number of aromatic amines is 1. The number of aromatic nitrogens is 2. The van der Waals surface area contributed by atoms with Crippen LogP contribution in [0.25, 0.3) is 0 Å². The van der Waals surface area contributed by atoms with Crippen LogP contribution in [0.2, 0.25) is 0 Å². The molecule has 1 aromatic heterocycles. The number of hydrogen-bond acceptors (Lipinski definition) is 6. The molecule has 1 aliphatic rings. The fraction of sp³-hybridized carbons (Fsp3) is 0.111. The lowest BCUT2D eigenvalue weighted by Gasteiger charge is -2.24. The number of hydrazone groups is 2. The summed E-state index contributed by atoms with van der Waals surface area (Å²) in [6.45, 7) is 1.76. The van der Waals surface area contributed by atoms with Gasteiger partial charge >= 0.3 is 0 Å². The quantitative estimate of drug-likeness (QED) is 0.325. The summed E-state index contributed by atoms with van der Waals surface area (Å²) in [5.41, 5.74) is 8.54. The Bertz CT molecular complexity index is 1380. The molecule has 0 bridgehead atoms. The summed E-state index contributed by atoms with van der Waals surface area (Å²) in [5, 5.41) is 11.3. The summed E-state index contributed by atoms with van der Waals surface area (Å²) in [6.07, 6.45) is 2.52. The molecule has 4 aromatic rings. The summed E-state index contributed by atoms with van der Waals surface area (Å²) in [6, 6.07) is 30.4. The van der Waals surface area contributed by atoms with E-state index in [0.29, 0.717) is 11.6 Å². The van der Waals surface area contributed by atoms with E-state index in [9.17, 15) is 4.79 Å². The van der Waals surface area contributed by atoms with Crippen molar-refractivity contribution in [1.29, 1.82) is 0 Å². The zero-order valence-electron chi connectivity index (χ0n) is 18.7. The van der Waals surface area contributed by atoms with E-state index in [1.807, 2.05) is 48.5 Å². The smallest absolute Gasteiger partial charge is 0.252 e. The van der Waals surface area contributed by atoms with Crippen molar-refractivity contribution < 1.29 is 0 Å². The monoisotopic (exact) mass is 448 g/mol. The summed E-state index contributed by atoms with van der Waals surface area (Å²) in [5.74, 6) is 0.309. The summed E-state index contributed by atoms with van der Waals surface area (Å²) in [7, 11) is 0. The largest absolute Gasteiger partial charge is 0.291 e. The first-order valence-electron chi connectivity index (χ1n) is 11.1. The molecule has 168 valence electrons. The third-order valence-electron chi connectivity index (χ3n) is 5.61. The van der Waals surface area contributed by atoms with E-state index < -0.39 is 0 Å². The zero-order valence-corrected chi connectivity index (χ0v) is 18.7. The van der Waals surface area contributed by atoms with Crippen LogP contribution in [0, 0.1) is 6.92 Å². The Morgan fingerprint density at radius 2 is 1.71 bits per heavy atom. The second-order valence-electron chi connectivity index (χ2n) is 8.08. The second kappa shape index (κ2) is 9.54. The lowest BCUT2D eigenvalue weighted by Crippen LogP contribution is -2.18. The van der Waals surface area contributed by atoms with E-state index in [1.54, 1.807) is 13.1 Å². The predicted molar refractivity (Wildman–Crippen MR) is 137 cm³/mol. The molecule has 3 aromatic carbocycles. The van der Waals surface area contributed by atoms with Gasteiger partial charge < -0.3 is 0 Å². The van der Waals surface area contributed by atoms with E-state index in [-0.39, 0.29) is 11.6 Å². The molecule has 2 N–H and O–H groups in total. The summed E-state index contributed by atoms with van der Waals surface area (Å²) in [4.78, 5) is 18.4. The Morgan fingerprint density at radius 3 is 2.41 bits per heavy atom. The van der Waals surface area contributed by atoms with Gasteiger partial charge in [-0.15, -0.1) is 0 Å². The van der Waals surface area contributed by atoms with Gasteiger partial charge in [-0.2, -0.15) is 10.2 Å². The molecule has 0 saturated heterocycles. The van der Waals surface area contributed by atoms with Crippen molar-refractivity contribution in [2.45, 2.75) is 19.4 Å². The van der Waals surface area contributed by atoms with E-state index in [0.717, 1.165) is 28.9 Å². The number of aryl methyl sites for hydroxylation is 1. The highest BCUT2D eigenvalue weighted by Crippen LogP contribution is 2.36. The van der Waals surface area contributed by atoms with Gasteiger partial charge in [-0.05, 0) is 35.7 Å². The van der Waals surface area contributed by atoms with Gasteiger partial charge in [-0.3, -0.25) is 14.8 Å². The van der Waals surface area contributed by atoms with Crippen molar-refractivity contribution in [3.05, 3.63) is 124 Å². The molecule has 0 aliphatic carbocycles. The highest BCUT2D eigenvalue weighted by atomic mass is 16.1. The summed E-state index contributed by atoms with van der Waals surface area (Å²) >= 11 is 0. The first kappa shape index (κ1) is 21.3. The van der Waals surface area contributed by atoms with Crippen LogP contribution < -0.4 is 16.0 Å². The molecule has 0 saturated carbocycles. The topological polar surface area (TPSA) is 85.7 Å². The van der Waals surface area contributed by atoms with Crippen molar-refractivity contribution in [3.63, 3.8) is 0 Å². The minimum atomic E-state index is -0.219. The molecule has 2 heterocycles. The Labute approximate surface area is 197 Å². The van der Waals surface area contributed by atoms with Gasteiger partial charge in [0.1, 0.15) is 0 Å². The lowest BCUT2D eigenvalue weighted by molar-refractivity contribution is 0.709. The molecule has 0 amide bonds. The van der Waals surface area contributed by atoms with Gasteiger partial charge in [0.25, 0.3) is 5.56 Å². The number of rotatable bonds is 6. The summed E-state index contributed by atoms with van der Waals surface area (Å²) < 4.78 is 0. The van der Waals surface area contributed by atoms with Gasteiger partial charge in [-0.1, -0.05) is 72.8 Å². The van der Waals surface area contributed by atoms with Gasteiger partial charge in [0.15, 0.2) is 0 Å². The molecular weight excluding hydrogens is 424 g/mol. The predicted octanol–water partition coefficient (Wildman–Crippen LogP) is 4.88. The van der Waals surface area contributed by atoms with Crippen molar-refractivity contribution in [2.24, 2.45) is 10.2 Å². The Kier molecular flexibility index (Phi) is 5.99. The highest BCUT2D eigenvalue weighted by molar-refractivity contribution is 6.03. The highest BCUT2D eigenvalue weighted by Gasteiger charge is 2.29. The maximum Gasteiger partial charge on any atom is 0.252 e. The fourth-order valence-electron chi connectivity index (χ4n) is 4.00. The van der Waals surface area contributed by atoms with Crippen LogP contribution in [0.3, 0.4) is 0 Å². The van der Waals surface area contributed by atoms with Crippen LogP contribution >= 0.6 is 0 Å². The molecule has 7 nitrogen and oxygen atoms in total. The maximum atomic E-state index is 11.5. The van der Waals surface area contributed by atoms with Crippen molar-refractivity contribution in [1.82, 2.24) is 9.97 Å². The number of H-pyrrole nitrogens is 1. The Morgan fingerprint density at radius 1 is 1.00 bits per heavy atom. The minimum Gasteiger partial charge on any atom is -0.291 e. The average Bonchev–Trinajstić information content (AvgIpc) is 3.31. The molecular formula is C27H24N6O. The molecule has 34 heavy (non-hydrogen) atoms. The minimum absolute atomic E-state index is 0.127. The van der Waals surface area contributed by atoms with Crippen LogP contribution in [0.15, 0.2) is 106 Å². The van der Waals surface area contributed by atoms with Crippen molar-refractivity contribution in [3.8, 4) is 0 Å². The molecule has 1 aliphatic heterocycles. The first-order valence-corrected chi connectivity index (χ1v) is 11.1. The van der Waals surface area contributed by atoms with Crippen LogP contribution in [0.5, 0.6) is 0 Å². The van der Waals surface area contributed by atoms with Crippen LogP contribution in [0.1, 0.15) is 34.8 Å². The molecule has 7 heteroatoms. The molecule has 1 atom stereocenters. The number of anilines is 2. The van der Waals surface area contributed by atoms with Gasteiger partial charge in [0.05, 0.1) is 23.7 Å². The third kappa shape index (κ3) is 4.78. The Hall–Kier alpha value is -4.52. The van der Waals surface area contributed by atoms with Crippen molar-refractivity contribution in [2.75, 3.05) is 10.4 Å². The van der Waals surface area contributed by atoms with E-state index in [4.69, 9.17) is 5.10 Å². The molecule has 0 spiro atoms. The normalized spacial score (nSPS) is 15.5. The molecule has 0 radical (unpaired) electrons. The number of hydrogen-bond donors (Lipinski definition) is 2. The number of nitrogens with one attached hydrogen (secondary N) is 2. The van der Waals surface area contributed by atoms with Crippen LogP contribution in [-0.4, -0.2) is 21.9 Å². The molecule has 5 rings (SSSR count). The van der Waals surface area contributed by atoms with Crippen LogP contribution in [0.4, 0.5) is 11.6 Å². The van der Waals surface area contributed by atoms with Gasteiger partial charge in [0.2, 0.25) is 5.95 Å². The standard InChI is InChI=1S/C27H24N6O/c1-19-16-26(34)30-27(29-19)31-28-18-20-12-14-23(15-13-20)33-25(22-10-6-3-7-11-22)17-24(32-33)21-8-4-2-5-9-21/h2-16,18,25H,17H2,1H3,(H2,29,30,31,34)/b28-18-. The molecule has 1 unspecified atom stereocenters. The second-order valence-corrected chi connectivity index (χ2v) is 8.08. The third-order valence-corrected chi connectivity index (χ3v) is 5.61. The fourth-order valence-corrected chi connectivity index (χ4v) is 4.00. The first-order chi connectivity index (χ1) is 16.7. The Balaban J connectivity index is 1.37. The van der Waals surface area contributed by atoms with E-state index >= 15 is 0 Å². The SMILES string of the molecule is Cc1cc(=O)[nH]c(N/N=C\c2ccc(N3N=C(c4ccccc4)CC3c3ccccc3)cc2)n1. The number of benzene rings is 3. The van der Waals surface area contributed by atoms with Crippen molar-refractivity contribution >= 4 is 23.6 Å². The maximum absolute atomic E-state index is 11.5. The average molecular weight is 449 g/mol. The van der Waals surface area contributed by atoms with Gasteiger partial charge in [-0.25, -0.2) is 10.4 Å². The number of nitrogens with zero attached hydrogens (tertiary/aromatic N) is 4. The lowest BCUT2D eigenvalue weighted by atomic mass is 9.98. The van der Waals surface area contributed by atoms with Gasteiger partial charge in [0, 0.05) is 18.2 Å². The molecule has 0 fully saturated rings. The van der Waals surface area contributed by atoms with Crippen LogP contribution in [-0.2, 0) is 0 Å².